The Hall–Kier alpha value is -2.34. The lowest BCUT2D eigenvalue weighted by Crippen LogP contribution is -1.90. The van der Waals surface area contributed by atoms with Crippen LogP contribution in [-0.4, -0.2) is 19.7 Å². The van der Waals surface area contributed by atoms with Crippen molar-refractivity contribution in [3.63, 3.8) is 0 Å². The van der Waals surface area contributed by atoms with E-state index in [1.54, 1.807) is 29.2 Å². The first kappa shape index (κ1) is 14.6. The topological polar surface area (TPSA) is 43.6 Å². The molecule has 3 rings (SSSR count). The molecule has 0 atom stereocenters. The van der Waals surface area contributed by atoms with Crippen LogP contribution in [0.4, 0.5) is 4.39 Å². The van der Waals surface area contributed by atoms with Gasteiger partial charge in [0.15, 0.2) is 5.82 Å². The number of aromatic nitrogens is 4. The van der Waals surface area contributed by atoms with Gasteiger partial charge < -0.3 is 0 Å². The van der Waals surface area contributed by atoms with Crippen molar-refractivity contribution < 1.29 is 4.39 Å². The fourth-order valence-electron chi connectivity index (χ4n) is 1.97. The predicted octanol–water partition coefficient (Wildman–Crippen LogP) is 3.95. The summed E-state index contributed by atoms with van der Waals surface area (Å²) in [6.07, 6.45) is 8.98. The van der Waals surface area contributed by atoms with Crippen LogP contribution in [0.2, 0.25) is 0 Å². The van der Waals surface area contributed by atoms with Gasteiger partial charge in [0.25, 0.3) is 0 Å². The molecule has 0 radical (unpaired) electrons. The van der Waals surface area contributed by atoms with Crippen molar-refractivity contribution in [3.8, 4) is 11.3 Å². The maximum Gasteiger partial charge on any atom is 0.152 e. The van der Waals surface area contributed by atoms with Gasteiger partial charge >= 0.3 is 0 Å². The van der Waals surface area contributed by atoms with E-state index in [2.05, 4.69) is 31.0 Å². The van der Waals surface area contributed by atoms with Crippen LogP contribution >= 0.6 is 15.9 Å². The molecule has 4 nitrogen and oxygen atoms in total. The Balaban J connectivity index is 1.88. The molecule has 0 unspecified atom stereocenters. The van der Waals surface area contributed by atoms with Gasteiger partial charge in [0.05, 0.1) is 11.9 Å². The second-order valence-electron chi connectivity index (χ2n) is 4.70. The van der Waals surface area contributed by atoms with Gasteiger partial charge in [-0.1, -0.05) is 28.1 Å². The van der Waals surface area contributed by atoms with Crippen LogP contribution in [0.3, 0.4) is 0 Å². The van der Waals surface area contributed by atoms with Crippen LogP contribution in [0.15, 0.2) is 47.3 Å². The number of rotatable bonds is 3. The normalized spacial score (nSPS) is 11.2. The minimum atomic E-state index is -0.279. The van der Waals surface area contributed by atoms with Gasteiger partial charge in [-0.3, -0.25) is 4.68 Å². The smallest absolute Gasteiger partial charge is 0.152 e. The molecular formula is C16H12BrFN4. The first-order valence-corrected chi connectivity index (χ1v) is 7.36. The number of benzene rings is 1. The van der Waals surface area contributed by atoms with E-state index in [-0.39, 0.29) is 5.82 Å². The standard InChI is InChI=1S/C16H12BrFN4/c1-22-10-12(9-20-22)15-6-7-19-16(21-15)5-3-11-2-4-13(18)8-14(11)17/h2-10H,1H3/b5-3+. The lowest BCUT2D eigenvalue weighted by Gasteiger charge is -2.00. The van der Waals surface area contributed by atoms with Crippen molar-refractivity contribution in [2.24, 2.45) is 7.05 Å². The zero-order chi connectivity index (χ0) is 15.5. The van der Waals surface area contributed by atoms with E-state index in [9.17, 15) is 4.39 Å². The van der Waals surface area contributed by atoms with Gasteiger partial charge in [0.2, 0.25) is 0 Å². The van der Waals surface area contributed by atoms with E-state index < -0.39 is 0 Å². The van der Waals surface area contributed by atoms with E-state index >= 15 is 0 Å². The molecule has 110 valence electrons. The van der Waals surface area contributed by atoms with Gasteiger partial charge in [-0.2, -0.15) is 5.10 Å². The Labute approximate surface area is 135 Å². The second kappa shape index (κ2) is 6.19. The Morgan fingerprint density at radius 1 is 1.23 bits per heavy atom. The SMILES string of the molecule is Cn1cc(-c2ccnc(/C=C/c3ccc(F)cc3Br)n2)cn1. The Morgan fingerprint density at radius 2 is 2.09 bits per heavy atom. The molecule has 2 heterocycles. The zero-order valence-corrected chi connectivity index (χ0v) is 13.3. The number of halogens is 2. The van der Waals surface area contributed by atoms with Crippen LogP contribution in [-0.2, 0) is 7.05 Å². The molecule has 0 amide bonds. The number of hydrogen-bond acceptors (Lipinski definition) is 3. The average molecular weight is 359 g/mol. The van der Waals surface area contributed by atoms with E-state index in [4.69, 9.17) is 0 Å². The third-order valence-electron chi connectivity index (χ3n) is 3.05. The maximum absolute atomic E-state index is 13.1. The fraction of sp³-hybridized carbons (Fsp3) is 0.0625. The van der Waals surface area contributed by atoms with Gasteiger partial charge in [0.1, 0.15) is 5.82 Å². The van der Waals surface area contributed by atoms with Crippen LogP contribution in [0.1, 0.15) is 11.4 Å². The van der Waals surface area contributed by atoms with Crippen molar-refractivity contribution >= 4 is 28.1 Å². The predicted molar refractivity (Wildman–Crippen MR) is 87.3 cm³/mol. The highest BCUT2D eigenvalue weighted by Crippen LogP contribution is 2.20. The second-order valence-corrected chi connectivity index (χ2v) is 5.56. The highest BCUT2D eigenvalue weighted by atomic mass is 79.9. The Bertz CT molecular complexity index is 842. The Morgan fingerprint density at radius 3 is 2.82 bits per heavy atom. The van der Waals surface area contributed by atoms with Crippen LogP contribution in [0, 0.1) is 5.82 Å². The van der Waals surface area contributed by atoms with E-state index in [0.717, 1.165) is 16.8 Å². The summed E-state index contributed by atoms with van der Waals surface area (Å²) in [7, 11) is 1.86. The van der Waals surface area contributed by atoms with Gasteiger partial charge in [0, 0.05) is 29.5 Å². The minimum Gasteiger partial charge on any atom is -0.275 e. The van der Waals surface area contributed by atoms with Crippen molar-refractivity contribution in [3.05, 3.63) is 64.5 Å². The molecule has 0 fully saturated rings. The third-order valence-corrected chi connectivity index (χ3v) is 3.74. The summed E-state index contributed by atoms with van der Waals surface area (Å²) >= 11 is 3.33. The van der Waals surface area contributed by atoms with Crippen molar-refractivity contribution in [2.45, 2.75) is 0 Å². The summed E-state index contributed by atoms with van der Waals surface area (Å²) in [5, 5.41) is 4.13. The van der Waals surface area contributed by atoms with Crippen LogP contribution < -0.4 is 0 Å². The summed E-state index contributed by atoms with van der Waals surface area (Å²) in [5.41, 5.74) is 2.60. The fourth-order valence-corrected chi connectivity index (χ4v) is 2.45. The summed E-state index contributed by atoms with van der Waals surface area (Å²) in [6, 6.07) is 6.37. The molecule has 0 N–H and O–H groups in total. The van der Waals surface area contributed by atoms with E-state index in [1.165, 1.54) is 12.1 Å². The van der Waals surface area contributed by atoms with Gasteiger partial charge in [-0.05, 0) is 29.8 Å². The van der Waals surface area contributed by atoms with Crippen LogP contribution in [0.25, 0.3) is 23.4 Å². The van der Waals surface area contributed by atoms with Gasteiger partial charge in [-0.15, -0.1) is 0 Å². The molecule has 2 aromatic heterocycles. The molecule has 0 saturated heterocycles. The molecule has 22 heavy (non-hydrogen) atoms. The van der Waals surface area contributed by atoms with Crippen molar-refractivity contribution in [1.82, 2.24) is 19.7 Å². The largest absolute Gasteiger partial charge is 0.275 e. The number of aryl methyl sites for hydroxylation is 1. The summed E-state index contributed by atoms with van der Waals surface area (Å²) in [5.74, 6) is 0.302. The molecule has 6 heteroatoms. The average Bonchev–Trinajstić information content (AvgIpc) is 2.93. The van der Waals surface area contributed by atoms with Gasteiger partial charge in [-0.25, -0.2) is 14.4 Å². The lowest BCUT2D eigenvalue weighted by atomic mass is 10.2. The zero-order valence-electron chi connectivity index (χ0n) is 11.7. The highest BCUT2D eigenvalue weighted by Gasteiger charge is 2.03. The van der Waals surface area contributed by atoms with Crippen molar-refractivity contribution in [1.29, 1.82) is 0 Å². The molecule has 0 spiro atoms. The number of hydrogen-bond donors (Lipinski definition) is 0. The van der Waals surface area contributed by atoms with Crippen molar-refractivity contribution in [2.75, 3.05) is 0 Å². The quantitative estimate of drug-likeness (QED) is 0.711. The molecule has 0 aliphatic carbocycles. The monoisotopic (exact) mass is 358 g/mol. The first-order valence-electron chi connectivity index (χ1n) is 6.57. The van der Waals surface area contributed by atoms with E-state index in [0.29, 0.717) is 10.3 Å². The minimum absolute atomic E-state index is 0.279. The molecule has 0 saturated carbocycles. The molecule has 0 aliphatic heterocycles. The summed E-state index contributed by atoms with van der Waals surface area (Å²) in [4.78, 5) is 8.70. The Kier molecular flexibility index (Phi) is 4.11. The van der Waals surface area contributed by atoms with Crippen LogP contribution in [0.5, 0.6) is 0 Å². The van der Waals surface area contributed by atoms with E-state index in [1.807, 2.05) is 25.4 Å². The maximum atomic E-state index is 13.1. The molecule has 0 bridgehead atoms. The molecule has 3 aromatic rings. The molecule has 1 aromatic carbocycles. The summed E-state index contributed by atoms with van der Waals surface area (Å²) < 4.78 is 15.5. The number of nitrogens with zero attached hydrogens (tertiary/aromatic N) is 4. The molecule has 0 aliphatic rings. The molecular weight excluding hydrogens is 347 g/mol. The summed E-state index contributed by atoms with van der Waals surface area (Å²) in [6.45, 7) is 0. The lowest BCUT2D eigenvalue weighted by molar-refractivity contribution is 0.627. The first-order chi connectivity index (χ1) is 10.6. The third kappa shape index (κ3) is 3.28. The highest BCUT2D eigenvalue weighted by molar-refractivity contribution is 9.10.